The van der Waals surface area contributed by atoms with Crippen LogP contribution in [0.1, 0.15) is 38.7 Å². The predicted molar refractivity (Wildman–Crippen MR) is 105 cm³/mol. The van der Waals surface area contributed by atoms with E-state index in [-0.39, 0.29) is 6.61 Å². The summed E-state index contributed by atoms with van der Waals surface area (Å²) in [5.41, 5.74) is 1.02. The molecule has 3 N–H and O–H groups in total. The van der Waals surface area contributed by atoms with E-state index in [9.17, 15) is 5.11 Å². The fourth-order valence-electron chi connectivity index (χ4n) is 2.51. The minimum Gasteiger partial charge on any atom is -0.475 e. The van der Waals surface area contributed by atoms with Crippen molar-refractivity contribution in [1.82, 2.24) is 15.6 Å². The second kappa shape index (κ2) is 14.3. The Kier molecular flexibility index (Phi) is 12.2. The summed E-state index contributed by atoms with van der Waals surface area (Å²) in [5, 5.41) is 15.8. The van der Waals surface area contributed by atoms with Gasteiger partial charge in [0.25, 0.3) is 0 Å². The summed E-state index contributed by atoms with van der Waals surface area (Å²) in [6, 6.07) is 3.81. The maximum atomic E-state index is 9.18. The van der Waals surface area contributed by atoms with Gasteiger partial charge in [0.15, 0.2) is 5.96 Å². The number of methoxy groups -OCH3 is 1. The maximum Gasteiger partial charge on any atom is 0.213 e. The van der Waals surface area contributed by atoms with Crippen molar-refractivity contribution in [3.05, 3.63) is 23.9 Å². The minimum absolute atomic E-state index is 0.227. The van der Waals surface area contributed by atoms with Crippen LogP contribution in [0.5, 0.6) is 5.88 Å². The van der Waals surface area contributed by atoms with Gasteiger partial charge in [-0.15, -0.1) is 0 Å². The molecule has 1 heterocycles. The molecule has 1 rings (SSSR count). The molecule has 0 amide bonds. The Morgan fingerprint density at radius 1 is 1.23 bits per heavy atom. The molecule has 0 aliphatic rings. The molecule has 7 heteroatoms. The van der Waals surface area contributed by atoms with Gasteiger partial charge in [0.2, 0.25) is 5.88 Å². The highest BCUT2D eigenvalue weighted by molar-refractivity contribution is 5.79. The van der Waals surface area contributed by atoms with Crippen molar-refractivity contribution in [2.45, 2.75) is 39.7 Å². The van der Waals surface area contributed by atoms with Crippen molar-refractivity contribution in [3.63, 3.8) is 0 Å². The molecule has 26 heavy (non-hydrogen) atoms. The number of aliphatic imine (C=N–C) groups is 1. The smallest absolute Gasteiger partial charge is 0.213 e. The highest BCUT2D eigenvalue weighted by Gasteiger charge is 2.08. The average Bonchev–Trinajstić information content (AvgIpc) is 2.65. The first kappa shape index (κ1) is 22.2. The number of nitrogens with one attached hydrogen (secondary N) is 2. The van der Waals surface area contributed by atoms with E-state index in [4.69, 9.17) is 9.47 Å². The molecule has 0 bridgehead atoms. The fraction of sp³-hybridized carbons (Fsp3) is 0.684. The van der Waals surface area contributed by atoms with Gasteiger partial charge in [-0.3, -0.25) is 0 Å². The maximum absolute atomic E-state index is 9.18. The first-order valence-corrected chi connectivity index (χ1v) is 9.43. The summed E-state index contributed by atoms with van der Waals surface area (Å²) in [4.78, 5) is 8.89. The van der Waals surface area contributed by atoms with Crippen LogP contribution in [-0.2, 0) is 11.3 Å². The van der Waals surface area contributed by atoms with Crippen molar-refractivity contribution in [1.29, 1.82) is 0 Å². The van der Waals surface area contributed by atoms with Crippen LogP contribution in [0, 0.1) is 5.92 Å². The normalized spacial score (nSPS) is 12.7. The van der Waals surface area contributed by atoms with E-state index >= 15 is 0 Å². The van der Waals surface area contributed by atoms with Gasteiger partial charge in [0.1, 0.15) is 6.61 Å². The highest BCUT2D eigenvalue weighted by atomic mass is 16.5. The van der Waals surface area contributed by atoms with Crippen LogP contribution in [-0.4, -0.2) is 56.1 Å². The van der Waals surface area contributed by atoms with Crippen LogP contribution in [0.25, 0.3) is 0 Å². The number of aliphatic hydroxyl groups excluding tert-OH is 1. The minimum atomic E-state index is 0.227. The molecule has 0 fully saturated rings. The quantitative estimate of drug-likeness (QED) is 0.281. The SMILES string of the molecule is CCCC(CCO)CNC(=NCc1ccc(OCCOC)nc1)NCC. The number of aliphatic hydroxyl groups is 1. The number of pyridine rings is 1. The van der Waals surface area contributed by atoms with Crippen molar-refractivity contribution in [3.8, 4) is 5.88 Å². The predicted octanol–water partition coefficient (Wildman–Crippen LogP) is 1.96. The number of rotatable bonds is 13. The number of hydrogen-bond donors (Lipinski definition) is 3. The van der Waals surface area contributed by atoms with Gasteiger partial charge in [0.05, 0.1) is 13.2 Å². The lowest BCUT2D eigenvalue weighted by atomic mass is 10.0. The van der Waals surface area contributed by atoms with Gasteiger partial charge in [-0.2, -0.15) is 0 Å². The topological polar surface area (TPSA) is 88.0 Å². The summed E-state index contributed by atoms with van der Waals surface area (Å²) in [7, 11) is 1.64. The Balaban J connectivity index is 2.53. The third-order valence-electron chi connectivity index (χ3n) is 3.89. The monoisotopic (exact) mass is 366 g/mol. The van der Waals surface area contributed by atoms with E-state index < -0.39 is 0 Å². The summed E-state index contributed by atoms with van der Waals surface area (Å²) in [6.07, 6.45) is 4.81. The molecule has 7 nitrogen and oxygen atoms in total. The van der Waals surface area contributed by atoms with Gasteiger partial charge in [-0.05, 0) is 31.2 Å². The third-order valence-corrected chi connectivity index (χ3v) is 3.89. The first-order valence-electron chi connectivity index (χ1n) is 9.43. The summed E-state index contributed by atoms with van der Waals surface area (Å²) in [6.45, 7) is 7.62. The lowest BCUT2D eigenvalue weighted by Crippen LogP contribution is -2.40. The van der Waals surface area contributed by atoms with E-state index in [1.54, 1.807) is 13.3 Å². The van der Waals surface area contributed by atoms with E-state index in [1.165, 1.54) is 0 Å². The number of guanidine groups is 1. The fourth-order valence-corrected chi connectivity index (χ4v) is 2.51. The van der Waals surface area contributed by atoms with Gasteiger partial charge >= 0.3 is 0 Å². The van der Waals surface area contributed by atoms with E-state index in [1.807, 2.05) is 19.1 Å². The lowest BCUT2D eigenvalue weighted by molar-refractivity contribution is 0.143. The lowest BCUT2D eigenvalue weighted by Gasteiger charge is -2.18. The van der Waals surface area contributed by atoms with Crippen LogP contribution in [0.2, 0.25) is 0 Å². The Bertz CT molecular complexity index is 488. The van der Waals surface area contributed by atoms with Crippen molar-refractivity contribution >= 4 is 5.96 Å². The molecule has 0 spiro atoms. The molecule has 0 aliphatic heterocycles. The standard InChI is InChI=1S/C19H34N4O3/c1-4-6-16(9-10-24)13-22-19(20-5-2)23-15-17-7-8-18(21-14-17)26-12-11-25-3/h7-8,14,16,24H,4-6,9-13,15H2,1-3H3,(H2,20,22,23). The van der Waals surface area contributed by atoms with E-state index in [0.717, 1.165) is 43.9 Å². The molecule has 148 valence electrons. The van der Waals surface area contributed by atoms with Crippen molar-refractivity contribution < 1.29 is 14.6 Å². The van der Waals surface area contributed by atoms with Crippen molar-refractivity contribution in [2.75, 3.05) is 40.0 Å². The third kappa shape index (κ3) is 9.58. The van der Waals surface area contributed by atoms with E-state index in [2.05, 4.69) is 27.5 Å². The molecule has 0 saturated carbocycles. The summed E-state index contributed by atoms with van der Waals surface area (Å²) >= 11 is 0. The molecular weight excluding hydrogens is 332 g/mol. The Morgan fingerprint density at radius 3 is 2.69 bits per heavy atom. The number of nitrogens with zero attached hydrogens (tertiary/aromatic N) is 2. The van der Waals surface area contributed by atoms with Crippen LogP contribution in [0.15, 0.2) is 23.3 Å². The second-order valence-electron chi connectivity index (χ2n) is 6.09. The molecule has 0 aromatic carbocycles. The largest absolute Gasteiger partial charge is 0.475 e. The summed E-state index contributed by atoms with van der Waals surface area (Å²) in [5.74, 6) is 1.83. The molecule has 1 aromatic heterocycles. The number of hydrogen-bond acceptors (Lipinski definition) is 5. The highest BCUT2D eigenvalue weighted by Crippen LogP contribution is 2.10. The molecule has 0 radical (unpaired) electrons. The molecule has 1 atom stereocenters. The molecule has 0 saturated heterocycles. The Hall–Kier alpha value is -1.86. The number of ether oxygens (including phenoxy) is 2. The Morgan fingerprint density at radius 2 is 2.08 bits per heavy atom. The van der Waals surface area contributed by atoms with Gasteiger partial charge in [-0.1, -0.05) is 19.4 Å². The van der Waals surface area contributed by atoms with Gasteiger partial charge < -0.3 is 25.2 Å². The zero-order valence-electron chi connectivity index (χ0n) is 16.3. The molecule has 1 aromatic rings. The first-order chi connectivity index (χ1) is 12.7. The molecule has 0 aliphatic carbocycles. The van der Waals surface area contributed by atoms with Crippen LogP contribution < -0.4 is 15.4 Å². The second-order valence-corrected chi connectivity index (χ2v) is 6.09. The van der Waals surface area contributed by atoms with E-state index in [0.29, 0.717) is 31.6 Å². The van der Waals surface area contributed by atoms with Gasteiger partial charge in [0, 0.05) is 39.1 Å². The van der Waals surface area contributed by atoms with Crippen LogP contribution in [0.3, 0.4) is 0 Å². The average molecular weight is 367 g/mol. The number of aromatic nitrogens is 1. The molecule has 1 unspecified atom stereocenters. The van der Waals surface area contributed by atoms with Crippen molar-refractivity contribution in [2.24, 2.45) is 10.9 Å². The Labute approximate surface area is 157 Å². The van der Waals surface area contributed by atoms with Crippen LogP contribution in [0.4, 0.5) is 0 Å². The van der Waals surface area contributed by atoms with Gasteiger partial charge in [-0.25, -0.2) is 9.98 Å². The molecular formula is C19H34N4O3. The zero-order valence-corrected chi connectivity index (χ0v) is 16.3. The zero-order chi connectivity index (χ0) is 19.0. The van der Waals surface area contributed by atoms with Crippen LogP contribution >= 0.6 is 0 Å². The summed E-state index contributed by atoms with van der Waals surface area (Å²) < 4.78 is 10.4.